The van der Waals surface area contributed by atoms with Crippen LogP contribution in [0.25, 0.3) is 0 Å². The number of hydrogen-bond acceptors (Lipinski definition) is 5. The maximum Gasteiger partial charge on any atom is 0.165 e. The quantitative estimate of drug-likeness (QED) is 0.835. The van der Waals surface area contributed by atoms with Gasteiger partial charge >= 0.3 is 0 Å². The molecule has 0 bridgehead atoms. The molecule has 2 heterocycles. The van der Waals surface area contributed by atoms with Crippen LogP contribution in [0.1, 0.15) is 18.4 Å². The van der Waals surface area contributed by atoms with E-state index in [1.807, 2.05) is 36.4 Å². The molecule has 2 aromatic rings. The Hall–Kier alpha value is -2.24. The molecule has 2 N–H and O–H groups in total. The van der Waals surface area contributed by atoms with Crippen molar-refractivity contribution in [2.24, 2.45) is 0 Å². The van der Waals surface area contributed by atoms with Crippen LogP contribution in [0.2, 0.25) is 0 Å². The van der Waals surface area contributed by atoms with E-state index in [9.17, 15) is 0 Å². The smallest absolute Gasteiger partial charge is 0.165 e. The van der Waals surface area contributed by atoms with Crippen LogP contribution < -0.4 is 24.8 Å². The van der Waals surface area contributed by atoms with Gasteiger partial charge in [-0.2, -0.15) is 0 Å². The molecule has 0 radical (unpaired) electrons. The topological polar surface area (TPSA) is 51.8 Å². The minimum Gasteiger partial charge on any atom is -0.489 e. The molecule has 0 aliphatic carbocycles. The van der Waals surface area contributed by atoms with Crippen molar-refractivity contribution in [2.75, 3.05) is 26.2 Å². The molecule has 0 saturated carbocycles. The first-order valence-corrected chi connectivity index (χ1v) is 9.41. The van der Waals surface area contributed by atoms with E-state index < -0.39 is 0 Å². The predicted molar refractivity (Wildman–Crippen MR) is 101 cm³/mol. The Balaban J connectivity index is 1.32. The lowest BCUT2D eigenvalue weighted by Crippen LogP contribution is -2.46. The average Bonchev–Trinajstić information content (AvgIpc) is 2.72. The van der Waals surface area contributed by atoms with Gasteiger partial charge in [-0.15, -0.1) is 0 Å². The summed E-state index contributed by atoms with van der Waals surface area (Å²) in [6, 6.07) is 16.5. The number of rotatable bonds is 6. The molecule has 26 heavy (non-hydrogen) atoms. The van der Waals surface area contributed by atoms with E-state index in [2.05, 4.69) is 22.8 Å². The van der Waals surface area contributed by atoms with Crippen molar-refractivity contribution >= 4 is 0 Å². The van der Waals surface area contributed by atoms with Crippen molar-refractivity contribution < 1.29 is 14.2 Å². The zero-order valence-corrected chi connectivity index (χ0v) is 14.9. The number of fused-ring (bicyclic) bond motifs is 1. The van der Waals surface area contributed by atoms with E-state index in [4.69, 9.17) is 14.2 Å². The standard InChI is InChI=1S/C21H26N2O3/c1-2-4-16(5-3-1)14-24-18-6-7-20-21(12-18)26-19(15-25-20)13-23-17-8-10-22-11-9-17/h1-7,12,17,19,22-23H,8-11,13-15H2/t19-/m1/s1. The monoisotopic (exact) mass is 354 g/mol. The van der Waals surface area contributed by atoms with E-state index in [0.717, 1.165) is 42.4 Å². The van der Waals surface area contributed by atoms with E-state index in [-0.39, 0.29) is 6.10 Å². The first-order chi connectivity index (χ1) is 12.9. The largest absolute Gasteiger partial charge is 0.489 e. The van der Waals surface area contributed by atoms with Gasteiger partial charge in [0.05, 0.1) is 0 Å². The summed E-state index contributed by atoms with van der Waals surface area (Å²) in [6.45, 7) is 4.10. The normalized spacial score (nSPS) is 19.9. The summed E-state index contributed by atoms with van der Waals surface area (Å²) in [7, 11) is 0. The maximum absolute atomic E-state index is 6.13. The van der Waals surface area contributed by atoms with Gasteiger partial charge in [-0.05, 0) is 43.6 Å². The van der Waals surface area contributed by atoms with E-state index >= 15 is 0 Å². The third-order valence-electron chi connectivity index (χ3n) is 4.86. The van der Waals surface area contributed by atoms with Crippen LogP contribution in [-0.2, 0) is 6.61 Å². The number of piperidine rings is 1. The van der Waals surface area contributed by atoms with Crippen molar-refractivity contribution in [1.82, 2.24) is 10.6 Å². The zero-order valence-electron chi connectivity index (χ0n) is 14.9. The molecule has 5 nitrogen and oxygen atoms in total. The summed E-state index contributed by atoms with van der Waals surface area (Å²) in [5.41, 5.74) is 1.14. The summed E-state index contributed by atoms with van der Waals surface area (Å²) in [5.74, 6) is 2.34. The van der Waals surface area contributed by atoms with Gasteiger partial charge < -0.3 is 24.8 Å². The molecule has 0 amide bonds. The van der Waals surface area contributed by atoms with E-state index in [1.165, 1.54) is 12.8 Å². The van der Waals surface area contributed by atoms with Crippen molar-refractivity contribution in [1.29, 1.82) is 0 Å². The molecule has 0 aromatic heterocycles. The summed E-state index contributed by atoms with van der Waals surface area (Å²) in [4.78, 5) is 0. The summed E-state index contributed by atoms with van der Waals surface area (Å²) in [5, 5.41) is 6.99. The third kappa shape index (κ3) is 4.48. The molecular formula is C21H26N2O3. The minimum atomic E-state index is 0.0294. The summed E-state index contributed by atoms with van der Waals surface area (Å²) < 4.78 is 17.9. The van der Waals surface area contributed by atoms with Crippen LogP contribution in [0.5, 0.6) is 17.2 Å². The molecule has 2 aliphatic rings. The molecule has 1 atom stereocenters. The number of nitrogens with one attached hydrogen (secondary N) is 2. The van der Waals surface area contributed by atoms with Crippen molar-refractivity contribution in [2.45, 2.75) is 31.6 Å². The Morgan fingerprint density at radius 3 is 2.73 bits per heavy atom. The highest BCUT2D eigenvalue weighted by Crippen LogP contribution is 2.35. The minimum absolute atomic E-state index is 0.0294. The second kappa shape index (κ2) is 8.43. The third-order valence-corrected chi connectivity index (χ3v) is 4.86. The van der Waals surface area contributed by atoms with Gasteiger partial charge in [-0.3, -0.25) is 0 Å². The highest BCUT2D eigenvalue weighted by molar-refractivity contribution is 5.46. The molecule has 5 heteroatoms. The number of benzene rings is 2. The Kier molecular flexibility index (Phi) is 5.57. The lowest BCUT2D eigenvalue weighted by atomic mass is 10.1. The van der Waals surface area contributed by atoms with Crippen molar-refractivity contribution in [3.8, 4) is 17.2 Å². The van der Waals surface area contributed by atoms with Gasteiger partial charge in [-0.25, -0.2) is 0 Å². The Morgan fingerprint density at radius 2 is 1.88 bits per heavy atom. The van der Waals surface area contributed by atoms with Gasteiger partial charge in [0.2, 0.25) is 0 Å². The Labute approximate surface area is 154 Å². The maximum atomic E-state index is 6.13. The number of ether oxygens (including phenoxy) is 3. The van der Waals surface area contributed by atoms with Crippen LogP contribution >= 0.6 is 0 Å². The summed E-state index contributed by atoms with van der Waals surface area (Å²) in [6.07, 6.45) is 2.37. The lowest BCUT2D eigenvalue weighted by molar-refractivity contribution is 0.0865. The van der Waals surface area contributed by atoms with Crippen molar-refractivity contribution in [3.63, 3.8) is 0 Å². The van der Waals surface area contributed by atoms with Crippen LogP contribution in [0.15, 0.2) is 48.5 Å². The van der Waals surface area contributed by atoms with Crippen LogP contribution in [0.3, 0.4) is 0 Å². The van der Waals surface area contributed by atoms with Gasteiger partial charge in [0.25, 0.3) is 0 Å². The zero-order chi connectivity index (χ0) is 17.6. The fourth-order valence-corrected chi connectivity index (χ4v) is 3.35. The van der Waals surface area contributed by atoms with Crippen molar-refractivity contribution in [3.05, 3.63) is 54.1 Å². The predicted octanol–water partition coefficient (Wildman–Crippen LogP) is 2.75. The summed E-state index contributed by atoms with van der Waals surface area (Å²) >= 11 is 0. The number of hydrogen-bond donors (Lipinski definition) is 2. The fraction of sp³-hybridized carbons (Fsp3) is 0.429. The van der Waals surface area contributed by atoms with Gasteiger partial charge in [0.1, 0.15) is 25.1 Å². The van der Waals surface area contributed by atoms with E-state index in [1.54, 1.807) is 0 Å². The van der Waals surface area contributed by atoms with Gasteiger partial charge in [0.15, 0.2) is 11.5 Å². The second-order valence-electron chi connectivity index (χ2n) is 6.87. The van der Waals surface area contributed by atoms with Crippen LogP contribution in [0.4, 0.5) is 0 Å². The molecule has 1 fully saturated rings. The SMILES string of the molecule is c1ccc(COc2ccc3c(c2)O[C@H](CNC2CCNCC2)CO3)cc1. The Morgan fingerprint density at radius 1 is 1.04 bits per heavy atom. The molecule has 2 aliphatic heterocycles. The molecular weight excluding hydrogens is 328 g/mol. The highest BCUT2D eigenvalue weighted by Gasteiger charge is 2.23. The van der Waals surface area contributed by atoms with Gasteiger partial charge in [0, 0.05) is 18.7 Å². The second-order valence-corrected chi connectivity index (χ2v) is 6.87. The first-order valence-electron chi connectivity index (χ1n) is 9.41. The van der Waals surface area contributed by atoms with E-state index in [0.29, 0.717) is 19.3 Å². The molecule has 138 valence electrons. The molecule has 0 spiro atoms. The molecule has 0 unspecified atom stereocenters. The van der Waals surface area contributed by atoms with Crippen LogP contribution in [-0.4, -0.2) is 38.4 Å². The highest BCUT2D eigenvalue weighted by atomic mass is 16.6. The lowest BCUT2D eigenvalue weighted by Gasteiger charge is -2.30. The fourth-order valence-electron chi connectivity index (χ4n) is 3.35. The molecule has 1 saturated heterocycles. The van der Waals surface area contributed by atoms with Gasteiger partial charge in [-0.1, -0.05) is 30.3 Å². The first kappa shape index (κ1) is 17.2. The Bertz CT molecular complexity index is 702. The van der Waals surface area contributed by atoms with Crippen LogP contribution in [0, 0.1) is 0 Å². The molecule has 4 rings (SSSR count). The average molecular weight is 354 g/mol. The molecule has 2 aromatic carbocycles.